The van der Waals surface area contributed by atoms with E-state index in [0.717, 1.165) is 27.6 Å². The second-order valence-corrected chi connectivity index (χ2v) is 13.7. The monoisotopic (exact) mass is 817 g/mol. The van der Waals surface area contributed by atoms with Crippen LogP contribution in [-0.2, 0) is 37.6 Å². The number of carbonyl (C=O) groups excluding carboxylic acids is 1. The fourth-order valence-electron chi connectivity index (χ4n) is 5.74. The van der Waals surface area contributed by atoms with Crippen LogP contribution in [0.25, 0.3) is 10.8 Å². The van der Waals surface area contributed by atoms with E-state index in [0.29, 0.717) is 92.1 Å². The average molecular weight is 818 g/mol. The first kappa shape index (κ1) is 44.9. The van der Waals surface area contributed by atoms with Crippen LogP contribution in [0.5, 0.6) is 28.9 Å². The summed E-state index contributed by atoms with van der Waals surface area (Å²) in [6.45, 7) is 9.20. The number of nitrogens with one attached hydrogen (secondary N) is 3. The van der Waals surface area contributed by atoms with Gasteiger partial charge in [-0.1, -0.05) is 45.0 Å². The molecule has 1 heterocycles. The van der Waals surface area contributed by atoms with E-state index >= 15 is 0 Å². The molecule has 5 aromatic rings. The number of carbonyl (C=O) groups is 1. The van der Waals surface area contributed by atoms with E-state index in [-0.39, 0.29) is 5.41 Å². The molecule has 0 unspecified atom stereocenters. The van der Waals surface area contributed by atoms with Crippen LogP contribution in [0.15, 0.2) is 79.0 Å². The van der Waals surface area contributed by atoms with Crippen LogP contribution in [0.4, 0.5) is 21.9 Å². The molecule has 5 rings (SSSR count). The van der Waals surface area contributed by atoms with Gasteiger partial charge in [-0.3, -0.25) is 0 Å². The lowest BCUT2D eigenvalue weighted by Gasteiger charge is -2.23. The summed E-state index contributed by atoms with van der Waals surface area (Å²) in [5.74, 6) is 3.35. The molecule has 2 amide bonds. The number of hydrogen-bond donors (Lipinski definition) is 3. The topological polar surface area (TPSA) is 178 Å². The minimum absolute atomic E-state index is 0.147. The van der Waals surface area contributed by atoms with Gasteiger partial charge >= 0.3 is 17.6 Å². The summed E-state index contributed by atoms with van der Waals surface area (Å²) in [5.41, 5.74) is 3.75. The molecule has 3 N–H and O–H groups in total. The van der Waals surface area contributed by atoms with E-state index in [9.17, 15) is 4.79 Å². The van der Waals surface area contributed by atoms with Crippen molar-refractivity contribution in [1.82, 2.24) is 9.97 Å². The number of hydrogen-bond acceptors (Lipinski definition) is 13. The Morgan fingerprint density at radius 2 is 1.40 bits per heavy atom. The van der Waals surface area contributed by atoms with E-state index < -0.39 is 17.6 Å². The number of amides is 2. The molecule has 0 bridgehead atoms. The van der Waals surface area contributed by atoms with Gasteiger partial charge in [0.25, 0.3) is 0 Å². The molecular weight excluding hydrogens is 767 g/mol. The summed E-state index contributed by atoms with van der Waals surface area (Å²) in [5, 5.41) is 10.8. The van der Waals surface area contributed by atoms with E-state index in [1.165, 1.54) is 0 Å². The first-order valence-corrected chi connectivity index (χ1v) is 19.1. The van der Waals surface area contributed by atoms with Gasteiger partial charge in [-0.2, -0.15) is 13.4 Å². The second-order valence-electron chi connectivity index (χ2n) is 13.6. The van der Waals surface area contributed by atoms with Gasteiger partial charge in [0.15, 0.2) is 5.75 Å². The Morgan fingerprint density at radius 3 is 2.07 bits per heavy atom. The van der Waals surface area contributed by atoms with Crippen molar-refractivity contribution in [3.8, 4) is 28.9 Å². The zero-order chi connectivity index (χ0) is 41.9. The molecule has 310 valence electrons. The Kier molecular flexibility index (Phi) is 17.7. The Hall–Kier alpha value is -5.81. The molecule has 0 saturated carbocycles. The molecule has 15 nitrogen and oxygen atoms in total. The first-order chi connectivity index (χ1) is 28.0. The molecule has 0 atom stereocenters. The molecule has 16 heteroatoms. The number of benzene rings is 4. The lowest BCUT2D eigenvalue weighted by atomic mass is 9.86. The summed E-state index contributed by atoms with van der Waals surface area (Å²) in [7, 11) is 6.65. The molecule has 0 aliphatic carbocycles. The highest BCUT2D eigenvalue weighted by Crippen LogP contribution is 2.39. The third-order valence-corrected chi connectivity index (χ3v) is 8.54. The fraction of sp³-hybridized carbons (Fsp3) is 0.357. The van der Waals surface area contributed by atoms with Crippen molar-refractivity contribution >= 4 is 45.4 Å². The molecule has 0 fully saturated rings. The maximum atomic E-state index is 13.4. The molecule has 1 aromatic heterocycles. The van der Waals surface area contributed by atoms with Crippen LogP contribution in [0, 0.1) is 0 Å². The maximum Gasteiger partial charge on any atom is 0.335 e. The average Bonchev–Trinajstić information content (AvgIpc) is 3.20. The lowest BCUT2D eigenvalue weighted by Crippen LogP contribution is -2.21. The zero-order valence-corrected chi connectivity index (χ0v) is 34.7. The van der Waals surface area contributed by atoms with Crippen molar-refractivity contribution in [1.29, 1.82) is 0 Å². The largest absolute Gasteiger partial charge is 0.497 e. The number of aromatic nitrogens is 2. The van der Waals surface area contributed by atoms with Gasteiger partial charge in [0.1, 0.15) is 29.7 Å². The summed E-state index contributed by atoms with van der Waals surface area (Å²) in [6, 6.07) is 22.2. The highest BCUT2D eigenvalue weighted by atomic mass is 32.1. The van der Waals surface area contributed by atoms with Crippen LogP contribution in [0.1, 0.15) is 37.7 Å². The van der Waals surface area contributed by atoms with Crippen molar-refractivity contribution in [3.05, 3.63) is 95.9 Å². The van der Waals surface area contributed by atoms with Crippen molar-refractivity contribution in [2.24, 2.45) is 0 Å². The minimum atomic E-state index is -0.750. The Labute approximate surface area is 342 Å². The van der Waals surface area contributed by atoms with Crippen LogP contribution >= 0.6 is 0 Å². The molecule has 0 aliphatic heterocycles. The number of nitrogens with zero attached hydrogens (tertiary/aromatic N) is 2. The predicted molar refractivity (Wildman–Crippen MR) is 224 cm³/mol. The summed E-state index contributed by atoms with van der Waals surface area (Å²) >= 11 is -0.750. The molecule has 0 spiro atoms. The van der Waals surface area contributed by atoms with Crippen molar-refractivity contribution in [2.75, 3.05) is 84.0 Å². The quantitative estimate of drug-likeness (QED) is 0.0703. The van der Waals surface area contributed by atoms with Crippen molar-refractivity contribution < 1.29 is 46.4 Å². The second kappa shape index (κ2) is 22.8. The molecule has 58 heavy (non-hydrogen) atoms. The Morgan fingerprint density at radius 1 is 0.741 bits per heavy atom. The normalized spacial score (nSPS) is 10.9. The van der Waals surface area contributed by atoms with Crippen LogP contribution in [-0.4, -0.2) is 92.4 Å². The Balaban J connectivity index is 0.00000240. The number of urea groups is 1. The summed E-state index contributed by atoms with van der Waals surface area (Å²) in [6.07, 6.45) is 2.08. The van der Waals surface area contributed by atoms with Gasteiger partial charge in [-0.25, -0.2) is 9.78 Å². The third kappa shape index (κ3) is 13.4. The molecule has 4 aromatic carbocycles. The van der Waals surface area contributed by atoms with E-state index in [4.69, 9.17) is 46.6 Å². The van der Waals surface area contributed by atoms with Gasteiger partial charge in [0.2, 0.25) is 5.88 Å². The van der Waals surface area contributed by atoms with Gasteiger partial charge in [0.05, 0.1) is 64.3 Å². The van der Waals surface area contributed by atoms with E-state index in [2.05, 4.69) is 41.7 Å². The zero-order valence-electron chi connectivity index (χ0n) is 33.8. The Bertz CT molecular complexity index is 2140. The minimum Gasteiger partial charge on any atom is -0.497 e. The summed E-state index contributed by atoms with van der Waals surface area (Å²) < 4.78 is 56.0. The van der Waals surface area contributed by atoms with Gasteiger partial charge < -0.3 is 49.1 Å². The van der Waals surface area contributed by atoms with Crippen molar-refractivity contribution in [3.63, 3.8) is 0 Å². The number of anilines is 3. The van der Waals surface area contributed by atoms with Gasteiger partial charge in [-0.15, -0.1) is 0 Å². The first-order valence-electron chi connectivity index (χ1n) is 18.4. The van der Waals surface area contributed by atoms with E-state index in [1.54, 1.807) is 39.7 Å². The molecule has 0 radical (unpaired) electrons. The number of fused-ring (bicyclic) bond motifs is 1. The molecular formula is C42H51N5O10S. The van der Waals surface area contributed by atoms with Crippen molar-refractivity contribution in [2.45, 2.75) is 32.6 Å². The maximum absolute atomic E-state index is 13.4. The number of ether oxygens (including phenoxy) is 7. The van der Waals surface area contributed by atoms with Crippen LogP contribution in [0.3, 0.4) is 0 Å². The predicted octanol–water partition coefficient (Wildman–Crippen LogP) is 7.40. The van der Waals surface area contributed by atoms with Crippen LogP contribution in [0.2, 0.25) is 0 Å². The van der Waals surface area contributed by atoms with Crippen LogP contribution < -0.4 is 34.9 Å². The third-order valence-electron chi connectivity index (χ3n) is 8.54. The number of methoxy groups -OCH3 is 3. The van der Waals surface area contributed by atoms with E-state index in [1.807, 2.05) is 67.7 Å². The fourth-order valence-corrected chi connectivity index (χ4v) is 5.74. The SMILES string of the molecule is CNc1cc(C(C)(C)C)cc(NC(=O)Nc2ccc(Oc3ccnc(Cc4cc(OC)cc(OCCOCCOCCOC)c4)n3)c3ccccc23)c1OC.O=S=O. The number of rotatable bonds is 19. The molecule has 0 aliphatic rings. The highest BCUT2D eigenvalue weighted by molar-refractivity contribution is 7.51. The lowest BCUT2D eigenvalue weighted by molar-refractivity contribution is 0.0179. The highest BCUT2D eigenvalue weighted by Gasteiger charge is 2.21. The van der Waals surface area contributed by atoms with Gasteiger partial charge in [0, 0.05) is 49.7 Å². The van der Waals surface area contributed by atoms with Gasteiger partial charge in [-0.05, 0) is 52.9 Å². The standard InChI is InChI=1S/C42H51N5O8.O2S/c1-42(2,3)29-25-35(43-4)40(51-7)36(26-29)46-41(48)45-34-12-13-37(33-11-9-8-10-32(33)34)55-39-14-15-44-38(47-39)24-28-22-30(50-6)27-31(23-28)54-21-20-53-19-18-52-17-16-49-5;1-3-2/h8-15,22-23,25-27,43H,16-21,24H2,1-7H3,(H2,45,46,48);. The molecule has 0 saturated heterocycles. The summed E-state index contributed by atoms with van der Waals surface area (Å²) in [4.78, 5) is 22.6. The smallest absolute Gasteiger partial charge is 0.335 e.